The Morgan fingerprint density at radius 3 is 2.96 bits per heavy atom. The van der Waals surface area contributed by atoms with Crippen LogP contribution in [0.15, 0.2) is 10.9 Å². The number of hydrogen-bond donors (Lipinski definition) is 0. The SMILES string of the molecule is CCc1nc(C2CCCCN2c2ncnc3sc(C)c(C)c23)no1. The number of rotatable bonds is 3. The van der Waals surface area contributed by atoms with Crippen molar-refractivity contribution in [2.45, 2.75) is 52.5 Å². The molecule has 1 atom stereocenters. The number of anilines is 1. The fraction of sp³-hybridized carbons (Fsp3) is 0.529. The third-order valence-electron chi connectivity index (χ3n) is 4.80. The van der Waals surface area contributed by atoms with E-state index in [1.54, 1.807) is 17.7 Å². The quantitative estimate of drug-likeness (QED) is 0.716. The van der Waals surface area contributed by atoms with Crippen LogP contribution in [0.5, 0.6) is 0 Å². The Labute approximate surface area is 144 Å². The molecule has 0 amide bonds. The average molecular weight is 343 g/mol. The van der Waals surface area contributed by atoms with Crippen molar-refractivity contribution in [2.75, 3.05) is 11.4 Å². The molecule has 7 heteroatoms. The van der Waals surface area contributed by atoms with E-state index in [0.29, 0.717) is 5.89 Å². The molecule has 3 aromatic rings. The summed E-state index contributed by atoms with van der Waals surface area (Å²) in [6.07, 6.45) is 5.79. The monoisotopic (exact) mass is 343 g/mol. The van der Waals surface area contributed by atoms with Crippen molar-refractivity contribution in [3.05, 3.63) is 28.5 Å². The molecule has 4 rings (SSSR count). The van der Waals surface area contributed by atoms with Crippen molar-refractivity contribution in [2.24, 2.45) is 0 Å². The minimum absolute atomic E-state index is 0.125. The van der Waals surface area contributed by atoms with Crippen molar-refractivity contribution in [1.82, 2.24) is 20.1 Å². The zero-order chi connectivity index (χ0) is 16.7. The second kappa shape index (κ2) is 6.12. The highest BCUT2D eigenvalue weighted by atomic mass is 32.1. The summed E-state index contributed by atoms with van der Waals surface area (Å²) in [7, 11) is 0. The maximum Gasteiger partial charge on any atom is 0.226 e. The summed E-state index contributed by atoms with van der Waals surface area (Å²) >= 11 is 1.73. The van der Waals surface area contributed by atoms with E-state index in [1.807, 2.05) is 6.92 Å². The number of aromatic nitrogens is 4. The standard InChI is InChI=1S/C17H21N5OS/c1-4-13-20-15(21-23-13)12-7-5-6-8-22(12)16-14-10(2)11(3)24-17(14)19-9-18-16/h9,12H,4-8H2,1-3H3. The summed E-state index contributed by atoms with van der Waals surface area (Å²) in [5.41, 5.74) is 1.28. The predicted molar refractivity (Wildman–Crippen MR) is 94.5 cm³/mol. The number of thiophene rings is 1. The van der Waals surface area contributed by atoms with Gasteiger partial charge in [-0.05, 0) is 38.7 Å². The topological polar surface area (TPSA) is 67.9 Å². The van der Waals surface area contributed by atoms with Gasteiger partial charge < -0.3 is 9.42 Å². The zero-order valence-electron chi connectivity index (χ0n) is 14.2. The van der Waals surface area contributed by atoms with Crippen LogP contribution in [-0.2, 0) is 6.42 Å². The van der Waals surface area contributed by atoms with Crippen LogP contribution in [-0.4, -0.2) is 26.7 Å². The Morgan fingerprint density at radius 1 is 1.29 bits per heavy atom. The fourth-order valence-electron chi connectivity index (χ4n) is 3.38. The highest BCUT2D eigenvalue weighted by molar-refractivity contribution is 7.18. The maximum absolute atomic E-state index is 5.35. The first-order valence-corrected chi connectivity index (χ1v) is 9.30. The number of piperidine rings is 1. The molecule has 126 valence electrons. The molecular formula is C17H21N5OS. The van der Waals surface area contributed by atoms with Gasteiger partial charge >= 0.3 is 0 Å². The molecule has 0 N–H and O–H groups in total. The van der Waals surface area contributed by atoms with Gasteiger partial charge in [-0.2, -0.15) is 4.98 Å². The molecule has 0 aromatic carbocycles. The van der Waals surface area contributed by atoms with E-state index in [9.17, 15) is 0 Å². The smallest absolute Gasteiger partial charge is 0.226 e. The molecule has 6 nitrogen and oxygen atoms in total. The lowest BCUT2D eigenvalue weighted by Crippen LogP contribution is -2.34. The average Bonchev–Trinajstić information content (AvgIpc) is 3.20. The van der Waals surface area contributed by atoms with Crippen molar-refractivity contribution in [1.29, 1.82) is 0 Å². The summed E-state index contributed by atoms with van der Waals surface area (Å²) in [6.45, 7) is 7.29. The predicted octanol–water partition coefficient (Wildman–Crippen LogP) is 3.99. The van der Waals surface area contributed by atoms with E-state index in [2.05, 4.69) is 38.9 Å². The van der Waals surface area contributed by atoms with E-state index in [1.165, 1.54) is 22.2 Å². The Balaban J connectivity index is 1.81. The van der Waals surface area contributed by atoms with E-state index >= 15 is 0 Å². The van der Waals surface area contributed by atoms with Gasteiger partial charge in [0.2, 0.25) is 5.89 Å². The van der Waals surface area contributed by atoms with Gasteiger partial charge in [0.25, 0.3) is 0 Å². The van der Waals surface area contributed by atoms with Crippen molar-refractivity contribution in [3.8, 4) is 0 Å². The largest absolute Gasteiger partial charge is 0.346 e. The van der Waals surface area contributed by atoms with Crippen LogP contribution in [0.4, 0.5) is 5.82 Å². The van der Waals surface area contributed by atoms with Crippen molar-refractivity contribution >= 4 is 27.4 Å². The van der Waals surface area contributed by atoms with Gasteiger partial charge in [-0.25, -0.2) is 9.97 Å². The molecule has 3 aromatic heterocycles. The molecule has 1 aliphatic heterocycles. The van der Waals surface area contributed by atoms with Crippen LogP contribution < -0.4 is 4.90 Å². The van der Waals surface area contributed by atoms with Gasteiger partial charge in [-0.1, -0.05) is 12.1 Å². The molecular weight excluding hydrogens is 322 g/mol. The van der Waals surface area contributed by atoms with Gasteiger partial charge in [0.05, 0.1) is 11.4 Å². The number of aryl methyl sites for hydroxylation is 3. The van der Waals surface area contributed by atoms with Crippen LogP contribution in [0.2, 0.25) is 0 Å². The van der Waals surface area contributed by atoms with E-state index < -0.39 is 0 Å². The van der Waals surface area contributed by atoms with Gasteiger partial charge in [0.15, 0.2) is 5.82 Å². The molecule has 1 unspecified atom stereocenters. The molecule has 0 radical (unpaired) electrons. The summed E-state index contributed by atoms with van der Waals surface area (Å²) < 4.78 is 5.35. The highest BCUT2D eigenvalue weighted by Crippen LogP contribution is 2.39. The van der Waals surface area contributed by atoms with Gasteiger partial charge in [-0.3, -0.25) is 0 Å². The number of hydrogen-bond acceptors (Lipinski definition) is 7. The normalized spacial score (nSPS) is 18.5. The van der Waals surface area contributed by atoms with Gasteiger partial charge in [0.1, 0.15) is 17.0 Å². The summed E-state index contributed by atoms with van der Waals surface area (Å²) in [5.74, 6) is 2.49. The summed E-state index contributed by atoms with van der Waals surface area (Å²) in [5, 5.41) is 5.40. The second-order valence-corrected chi connectivity index (χ2v) is 7.47. The molecule has 24 heavy (non-hydrogen) atoms. The minimum Gasteiger partial charge on any atom is -0.346 e. The second-order valence-electron chi connectivity index (χ2n) is 6.27. The van der Waals surface area contributed by atoms with Gasteiger partial charge in [-0.15, -0.1) is 11.3 Å². The van der Waals surface area contributed by atoms with E-state index in [0.717, 1.165) is 42.3 Å². The molecule has 4 heterocycles. The third-order valence-corrected chi connectivity index (χ3v) is 5.92. The van der Waals surface area contributed by atoms with Crippen LogP contribution >= 0.6 is 11.3 Å². The molecule has 0 bridgehead atoms. The molecule has 1 aliphatic rings. The van der Waals surface area contributed by atoms with Crippen LogP contribution in [0.3, 0.4) is 0 Å². The lowest BCUT2D eigenvalue weighted by molar-refractivity contribution is 0.364. The minimum atomic E-state index is 0.125. The van der Waals surface area contributed by atoms with Crippen LogP contribution in [0, 0.1) is 13.8 Å². The molecule has 1 saturated heterocycles. The zero-order valence-corrected chi connectivity index (χ0v) is 15.1. The van der Waals surface area contributed by atoms with Crippen LogP contribution in [0.25, 0.3) is 10.2 Å². The first kappa shape index (κ1) is 15.5. The van der Waals surface area contributed by atoms with Crippen LogP contribution in [0.1, 0.15) is 54.4 Å². The highest BCUT2D eigenvalue weighted by Gasteiger charge is 2.31. The Morgan fingerprint density at radius 2 is 2.17 bits per heavy atom. The summed E-state index contributed by atoms with van der Waals surface area (Å²) in [6, 6.07) is 0.125. The van der Waals surface area contributed by atoms with Gasteiger partial charge in [0, 0.05) is 17.8 Å². The molecule has 1 fully saturated rings. The summed E-state index contributed by atoms with van der Waals surface area (Å²) in [4.78, 5) is 18.4. The fourth-order valence-corrected chi connectivity index (χ4v) is 4.37. The van der Waals surface area contributed by atoms with Crippen molar-refractivity contribution in [3.63, 3.8) is 0 Å². The molecule has 0 aliphatic carbocycles. The third kappa shape index (κ3) is 2.47. The first-order chi connectivity index (χ1) is 11.7. The Hall–Kier alpha value is -2.02. The Kier molecular flexibility index (Phi) is 3.96. The van der Waals surface area contributed by atoms with Crippen molar-refractivity contribution < 1.29 is 4.52 Å². The molecule has 0 spiro atoms. The lowest BCUT2D eigenvalue weighted by atomic mass is 10.0. The lowest BCUT2D eigenvalue weighted by Gasteiger charge is -2.35. The number of nitrogens with zero attached hydrogens (tertiary/aromatic N) is 5. The Bertz CT molecular complexity index is 871. The first-order valence-electron chi connectivity index (χ1n) is 8.48. The number of fused-ring (bicyclic) bond motifs is 1. The van der Waals surface area contributed by atoms with E-state index in [-0.39, 0.29) is 6.04 Å². The van der Waals surface area contributed by atoms with E-state index in [4.69, 9.17) is 4.52 Å². The maximum atomic E-state index is 5.35. The molecule has 0 saturated carbocycles.